The Balaban J connectivity index is 2.18. The molecule has 1 aromatic rings. The van der Waals surface area contributed by atoms with Crippen molar-refractivity contribution in [2.24, 2.45) is 0 Å². The van der Waals surface area contributed by atoms with Crippen LogP contribution in [-0.2, 0) is 19.6 Å². The minimum Gasteiger partial charge on any atom is -0.284 e. The molecule has 0 saturated carbocycles. The van der Waals surface area contributed by atoms with Crippen molar-refractivity contribution in [2.75, 3.05) is 7.05 Å². The minimum absolute atomic E-state index is 0.0769. The number of carbonyl (C=O) groups is 2. The van der Waals surface area contributed by atoms with Gasteiger partial charge in [-0.15, -0.1) is 0 Å². The molecule has 108 valence electrons. The van der Waals surface area contributed by atoms with Gasteiger partial charge < -0.3 is 0 Å². The number of hydrogen-bond donors (Lipinski definition) is 1. The molecule has 8 heteroatoms. The first-order valence-corrected chi connectivity index (χ1v) is 8.17. The van der Waals surface area contributed by atoms with Crippen LogP contribution in [0.1, 0.15) is 12.8 Å². The van der Waals surface area contributed by atoms with E-state index in [4.69, 9.17) is 0 Å². The summed E-state index contributed by atoms with van der Waals surface area (Å²) >= 11 is 3.22. The Bertz CT molecular complexity index is 642. The Hall–Kier alpha value is -1.25. The molecule has 1 aromatic carbocycles. The number of nitrogens with zero attached hydrogens (tertiary/aromatic N) is 1. The quantitative estimate of drug-likeness (QED) is 0.810. The van der Waals surface area contributed by atoms with E-state index < -0.39 is 22.0 Å². The van der Waals surface area contributed by atoms with E-state index in [2.05, 4.69) is 20.7 Å². The highest BCUT2D eigenvalue weighted by Gasteiger charge is 2.34. The van der Waals surface area contributed by atoms with Gasteiger partial charge in [0.05, 0.1) is 4.90 Å². The van der Waals surface area contributed by atoms with Crippen LogP contribution in [0.5, 0.6) is 0 Å². The highest BCUT2D eigenvalue weighted by atomic mass is 79.9. The number of piperidine rings is 1. The second-order valence-electron chi connectivity index (χ2n) is 4.46. The molecule has 0 aliphatic carbocycles. The highest BCUT2D eigenvalue weighted by molar-refractivity contribution is 9.10. The number of carbonyl (C=O) groups excluding carboxylic acids is 2. The summed E-state index contributed by atoms with van der Waals surface area (Å²) in [5.41, 5.74) is 0. The van der Waals surface area contributed by atoms with Crippen LogP contribution < -0.4 is 4.72 Å². The fourth-order valence-corrected chi connectivity index (χ4v) is 3.38. The van der Waals surface area contributed by atoms with Crippen molar-refractivity contribution in [1.82, 2.24) is 9.62 Å². The third-order valence-electron chi connectivity index (χ3n) is 3.07. The predicted molar refractivity (Wildman–Crippen MR) is 75.3 cm³/mol. The van der Waals surface area contributed by atoms with Crippen LogP contribution in [0.25, 0.3) is 0 Å². The summed E-state index contributed by atoms with van der Waals surface area (Å²) < 4.78 is 27.4. The lowest BCUT2D eigenvalue weighted by Gasteiger charge is -2.27. The molecule has 20 heavy (non-hydrogen) atoms. The van der Waals surface area contributed by atoms with Gasteiger partial charge in [-0.05, 0) is 30.7 Å². The monoisotopic (exact) mass is 360 g/mol. The van der Waals surface area contributed by atoms with Crippen LogP contribution in [0.4, 0.5) is 0 Å². The van der Waals surface area contributed by atoms with E-state index in [0.29, 0.717) is 0 Å². The molecule has 1 aliphatic rings. The number of likely N-dealkylation sites (tertiary alicyclic amines) is 1. The molecule has 1 atom stereocenters. The first-order valence-electron chi connectivity index (χ1n) is 5.89. The number of imide groups is 1. The third kappa shape index (κ3) is 3.08. The summed E-state index contributed by atoms with van der Waals surface area (Å²) in [5, 5.41) is 0. The van der Waals surface area contributed by atoms with Crippen molar-refractivity contribution in [2.45, 2.75) is 23.8 Å². The van der Waals surface area contributed by atoms with Crippen molar-refractivity contribution in [1.29, 1.82) is 0 Å². The van der Waals surface area contributed by atoms with E-state index in [1.807, 2.05) is 0 Å². The van der Waals surface area contributed by atoms with Gasteiger partial charge in [-0.25, -0.2) is 8.42 Å². The lowest BCUT2D eigenvalue weighted by atomic mass is 10.1. The zero-order chi connectivity index (χ0) is 14.9. The third-order valence-corrected chi connectivity index (χ3v) is 5.09. The largest absolute Gasteiger partial charge is 0.284 e. The van der Waals surface area contributed by atoms with Gasteiger partial charge in [0.25, 0.3) is 0 Å². The number of likely N-dealkylation sites (N-methyl/N-ethyl adjacent to an activating group) is 1. The maximum absolute atomic E-state index is 12.2. The molecule has 1 fully saturated rings. The van der Waals surface area contributed by atoms with Gasteiger partial charge in [0.15, 0.2) is 0 Å². The molecular weight excluding hydrogens is 348 g/mol. The Morgan fingerprint density at radius 3 is 2.45 bits per heavy atom. The first kappa shape index (κ1) is 15.1. The summed E-state index contributed by atoms with van der Waals surface area (Å²) in [6, 6.07) is 5.19. The van der Waals surface area contributed by atoms with E-state index in [1.165, 1.54) is 19.2 Å². The van der Waals surface area contributed by atoms with Crippen LogP contribution in [0, 0.1) is 0 Å². The molecule has 0 spiro atoms. The molecule has 6 nitrogen and oxygen atoms in total. The van der Waals surface area contributed by atoms with Crippen LogP contribution in [-0.4, -0.2) is 38.2 Å². The number of amides is 2. The Labute approximate surface area is 125 Å². The van der Waals surface area contributed by atoms with Crippen LogP contribution >= 0.6 is 15.9 Å². The number of sulfonamides is 1. The molecular formula is C12H13BrN2O4S. The second-order valence-corrected chi connectivity index (χ2v) is 7.09. The Morgan fingerprint density at radius 1 is 1.25 bits per heavy atom. The van der Waals surface area contributed by atoms with Gasteiger partial charge in [-0.3, -0.25) is 14.5 Å². The Kier molecular flexibility index (Phi) is 4.26. The van der Waals surface area contributed by atoms with Crippen LogP contribution in [0.15, 0.2) is 33.6 Å². The van der Waals surface area contributed by atoms with E-state index in [1.54, 1.807) is 12.1 Å². The fourth-order valence-electron chi connectivity index (χ4n) is 1.89. The molecule has 1 N–H and O–H groups in total. The van der Waals surface area contributed by atoms with E-state index in [9.17, 15) is 18.0 Å². The molecule has 1 unspecified atom stereocenters. The van der Waals surface area contributed by atoms with Crippen LogP contribution in [0.3, 0.4) is 0 Å². The molecule has 1 saturated heterocycles. The predicted octanol–water partition coefficient (Wildman–Crippen LogP) is 0.875. The molecule has 2 rings (SSSR count). The molecule has 1 heterocycles. The van der Waals surface area contributed by atoms with Gasteiger partial charge in [-0.1, -0.05) is 15.9 Å². The summed E-state index contributed by atoms with van der Waals surface area (Å²) in [4.78, 5) is 24.2. The summed E-state index contributed by atoms with van der Waals surface area (Å²) in [7, 11) is -2.43. The molecule has 0 radical (unpaired) electrons. The lowest BCUT2D eigenvalue weighted by Crippen LogP contribution is -2.52. The van der Waals surface area contributed by atoms with E-state index in [-0.39, 0.29) is 23.6 Å². The lowest BCUT2D eigenvalue weighted by molar-refractivity contribution is -0.147. The van der Waals surface area contributed by atoms with Gasteiger partial charge >= 0.3 is 0 Å². The summed E-state index contributed by atoms with van der Waals surface area (Å²) in [6.07, 6.45) is 0.327. The zero-order valence-electron chi connectivity index (χ0n) is 10.7. The van der Waals surface area contributed by atoms with Gasteiger partial charge in [0, 0.05) is 17.9 Å². The second kappa shape index (κ2) is 5.63. The fraction of sp³-hybridized carbons (Fsp3) is 0.333. The zero-order valence-corrected chi connectivity index (χ0v) is 13.1. The van der Waals surface area contributed by atoms with Gasteiger partial charge in [-0.2, -0.15) is 4.72 Å². The topological polar surface area (TPSA) is 83.6 Å². The van der Waals surface area contributed by atoms with Crippen molar-refractivity contribution in [3.8, 4) is 0 Å². The summed E-state index contributed by atoms with van der Waals surface area (Å²) in [6.45, 7) is 0. The molecule has 2 amide bonds. The average Bonchev–Trinajstić information content (AvgIpc) is 2.40. The summed E-state index contributed by atoms with van der Waals surface area (Å²) in [5.74, 6) is -0.823. The molecule has 0 bridgehead atoms. The average molecular weight is 361 g/mol. The van der Waals surface area contributed by atoms with Gasteiger partial charge in [0.1, 0.15) is 6.04 Å². The maximum Gasteiger partial charge on any atom is 0.247 e. The first-order chi connectivity index (χ1) is 9.31. The van der Waals surface area contributed by atoms with Crippen molar-refractivity contribution >= 4 is 37.8 Å². The SMILES string of the molecule is CN1C(=O)CCC(NS(=O)(=O)c2ccc(Br)cc2)C1=O. The normalized spacial score (nSPS) is 20.3. The molecule has 1 aliphatic heterocycles. The van der Waals surface area contributed by atoms with Gasteiger partial charge in [0.2, 0.25) is 21.8 Å². The minimum atomic E-state index is -3.78. The van der Waals surface area contributed by atoms with Crippen molar-refractivity contribution < 1.29 is 18.0 Å². The maximum atomic E-state index is 12.2. The van der Waals surface area contributed by atoms with E-state index in [0.717, 1.165) is 9.37 Å². The Morgan fingerprint density at radius 2 is 1.85 bits per heavy atom. The number of hydrogen-bond acceptors (Lipinski definition) is 4. The van der Waals surface area contributed by atoms with E-state index >= 15 is 0 Å². The highest BCUT2D eigenvalue weighted by Crippen LogP contribution is 2.17. The number of halogens is 1. The number of benzene rings is 1. The smallest absolute Gasteiger partial charge is 0.247 e. The number of nitrogens with one attached hydrogen (secondary N) is 1. The molecule has 0 aromatic heterocycles. The van der Waals surface area contributed by atoms with Crippen LogP contribution in [0.2, 0.25) is 0 Å². The van der Waals surface area contributed by atoms with Crippen molar-refractivity contribution in [3.05, 3.63) is 28.7 Å². The standard InChI is InChI=1S/C12H13BrN2O4S/c1-15-11(16)7-6-10(12(15)17)14-20(18,19)9-4-2-8(13)3-5-9/h2-5,10,14H,6-7H2,1H3. The number of rotatable bonds is 3. The van der Waals surface area contributed by atoms with Crippen molar-refractivity contribution in [3.63, 3.8) is 0 Å².